The maximum atomic E-state index is 12.4. The summed E-state index contributed by atoms with van der Waals surface area (Å²) in [5.74, 6) is 0.0600. The number of amides is 1. The fourth-order valence-electron chi connectivity index (χ4n) is 2.52. The highest BCUT2D eigenvalue weighted by molar-refractivity contribution is 6.32. The van der Waals surface area contributed by atoms with Gasteiger partial charge in [0.1, 0.15) is 5.75 Å². The van der Waals surface area contributed by atoms with Crippen molar-refractivity contribution in [1.82, 2.24) is 0 Å². The third kappa shape index (κ3) is 4.09. The number of nitrogens with one attached hydrogen (secondary N) is 1. The van der Waals surface area contributed by atoms with E-state index >= 15 is 0 Å². The topological polar surface area (TPSA) is 83.1 Å². The van der Waals surface area contributed by atoms with Gasteiger partial charge in [0, 0.05) is 0 Å². The van der Waals surface area contributed by atoms with Crippen LogP contribution >= 0.6 is 11.6 Å². The van der Waals surface area contributed by atoms with Gasteiger partial charge in [-0.15, -0.1) is 0 Å². The number of aryl methyl sites for hydroxylation is 1. The van der Waals surface area contributed by atoms with Crippen LogP contribution in [0.3, 0.4) is 0 Å². The number of ether oxygens (including phenoxy) is 4. The van der Waals surface area contributed by atoms with Gasteiger partial charge < -0.3 is 24.3 Å². The van der Waals surface area contributed by atoms with Crippen LogP contribution < -0.4 is 19.5 Å². The van der Waals surface area contributed by atoms with Crippen molar-refractivity contribution >= 4 is 29.2 Å². The minimum absolute atomic E-state index is 0.0324. The second-order valence-electron chi connectivity index (χ2n) is 5.93. The van der Waals surface area contributed by atoms with Gasteiger partial charge in [-0.25, -0.2) is 4.79 Å². The van der Waals surface area contributed by atoms with E-state index in [2.05, 4.69) is 5.32 Å². The molecule has 2 aromatic rings. The lowest BCUT2D eigenvalue weighted by molar-refractivity contribution is -0.123. The average molecular weight is 392 g/mol. The van der Waals surface area contributed by atoms with Crippen LogP contribution in [0.4, 0.5) is 5.69 Å². The third-order valence-corrected chi connectivity index (χ3v) is 4.21. The first kappa shape index (κ1) is 18.8. The van der Waals surface area contributed by atoms with Crippen LogP contribution in [0.15, 0.2) is 30.3 Å². The summed E-state index contributed by atoms with van der Waals surface area (Å²) in [5, 5.41) is 2.93. The fourth-order valence-corrected chi connectivity index (χ4v) is 2.79. The van der Waals surface area contributed by atoms with Crippen molar-refractivity contribution in [3.8, 4) is 17.2 Å². The largest absolute Gasteiger partial charge is 0.495 e. The van der Waals surface area contributed by atoms with Gasteiger partial charge in [0.2, 0.25) is 6.79 Å². The van der Waals surface area contributed by atoms with E-state index in [1.165, 1.54) is 26.2 Å². The van der Waals surface area contributed by atoms with Crippen molar-refractivity contribution in [2.24, 2.45) is 0 Å². The molecule has 142 valence electrons. The minimum Gasteiger partial charge on any atom is -0.495 e. The molecule has 0 saturated heterocycles. The van der Waals surface area contributed by atoms with Crippen molar-refractivity contribution in [2.75, 3.05) is 19.2 Å². The number of fused-ring (bicyclic) bond motifs is 1. The lowest BCUT2D eigenvalue weighted by Gasteiger charge is -2.16. The second-order valence-corrected chi connectivity index (χ2v) is 6.34. The second kappa shape index (κ2) is 7.75. The molecule has 0 unspecified atom stereocenters. The molecule has 0 fully saturated rings. The fraction of sp³-hybridized carbons (Fsp3) is 0.263. The molecule has 3 rings (SSSR count). The number of halogens is 1. The van der Waals surface area contributed by atoms with Crippen molar-refractivity contribution in [2.45, 2.75) is 20.0 Å². The Morgan fingerprint density at radius 1 is 1.22 bits per heavy atom. The quantitative estimate of drug-likeness (QED) is 0.784. The van der Waals surface area contributed by atoms with E-state index in [9.17, 15) is 9.59 Å². The summed E-state index contributed by atoms with van der Waals surface area (Å²) in [7, 11) is 1.51. The highest BCUT2D eigenvalue weighted by atomic mass is 35.5. The number of hydrogen-bond acceptors (Lipinski definition) is 6. The number of methoxy groups -OCH3 is 1. The normalized spacial score (nSPS) is 13.0. The summed E-state index contributed by atoms with van der Waals surface area (Å²) < 4.78 is 20.9. The van der Waals surface area contributed by atoms with Gasteiger partial charge in [-0.3, -0.25) is 4.79 Å². The first-order valence-electron chi connectivity index (χ1n) is 8.14. The first-order valence-corrected chi connectivity index (χ1v) is 8.52. The molecule has 27 heavy (non-hydrogen) atoms. The highest BCUT2D eigenvalue weighted by Crippen LogP contribution is 2.40. The van der Waals surface area contributed by atoms with Gasteiger partial charge >= 0.3 is 5.97 Å². The molecular formula is C19H18ClNO6. The first-order chi connectivity index (χ1) is 12.9. The van der Waals surface area contributed by atoms with Crippen molar-refractivity contribution in [1.29, 1.82) is 0 Å². The summed E-state index contributed by atoms with van der Waals surface area (Å²) in [6.07, 6.45) is -1.04. The molecule has 1 aliphatic heterocycles. The van der Waals surface area contributed by atoms with Crippen LogP contribution in [0.25, 0.3) is 0 Å². The van der Waals surface area contributed by atoms with Gasteiger partial charge in [-0.2, -0.15) is 0 Å². The zero-order valence-corrected chi connectivity index (χ0v) is 15.8. The third-order valence-electron chi connectivity index (χ3n) is 3.93. The lowest BCUT2D eigenvalue weighted by atomic mass is 10.2. The zero-order valence-electron chi connectivity index (χ0n) is 15.0. The monoisotopic (exact) mass is 391 g/mol. The maximum Gasteiger partial charge on any atom is 0.339 e. The van der Waals surface area contributed by atoms with E-state index in [1.807, 2.05) is 13.0 Å². The van der Waals surface area contributed by atoms with E-state index in [0.717, 1.165) is 5.56 Å². The van der Waals surface area contributed by atoms with E-state index in [-0.39, 0.29) is 17.4 Å². The smallest absolute Gasteiger partial charge is 0.339 e. The Morgan fingerprint density at radius 2 is 2.00 bits per heavy atom. The Labute approximate surface area is 161 Å². The molecular weight excluding hydrogens is 374 g/mol. The van der Waals surface area contributed by atoms with E-state index in [0.29, 0.717) is 22.9 Å². The van der Waals surface area contributed by atoms with Crippen molar-refractivity contribution in [3.63, 3.8) is 0 Å². The molecule has 0 aromatic heterocycles. The van der Waals surface area contributed by atoms with Gasteiger partial charge in [0.15, 0.2) is 17.6 Å². The van der Waals surface area contributed by atoms with Crippen LogP contribution in [0.2, 0.25) is 5.02 Å². The Morgan fingerprint density at radius 3 is 2.74 bits per heavy atom. The maximum absolute atomic E-state index is 12.4. The summed E-state index contributed by atoms with van der Waals surface area (Å²) in [6.45, 7) is 3.40. The Hall–Kier alpha value is -2.93. The lowest BCUT2D eigenvalue weighted by Crippen LogP contribution is -2.30. The summed E-state index contributed by atoms with van der Waals surface area (Å²) in [5.41, 5.74) is 1.61. The van der Waals surface area contributed by atoms with Gasteiger partial charge in [-0.1, -0.05) is 17.7 Å². The molecule has 0 bridgehead atoms. The molecule has 0 aliphatic carbocycles. The molecule has 2 aromatic carbocycles. The number of rotatable bonds is 5. The predicted molar refractivity (Wildman–Crippen MR) is 98.8 cm³/mol. The predicted octanol–water partition coefficient (Wildman–Crippen LogP) is 3.57. The number of hydrogen-bond donors (Lipinski definition) is 1. The van der Waals surface area contributed by atoms with E-state index in [1.54, 1.807) is 12.1 Å². The van der Waals surface area contributed by atoms with Crippen LogP contribution in [0.5, 0.6) is 17.2 Å². The SMILES string of the molecule is COc1ccc(C)cc1NC(=O)[C@@H](C)OC(=O)c1cc(Cl)c2c(c1)OCO2. The molecule has 1 atom stereocenters. The van der Waals surface area contributed by atoms with Crippen molar-refractivity contribution < 1.29 is 28.5 Å². The molecule has 7 nitrogen and oxygen atoms in total. The highest BCUT2D eigenvalue weighted by Gasteiger charge is 2.24. The zero-order chi connectivity index (χ0) is 19.6. The van der Waals surface area contributed by atoms with Crippen LogP contribution in [0, 0.1) is 6.92 Å². The number of anilines is 1. The Kier molecular flexibility index (Phi) is 5.41. The average Bonchev–Trinajstić information content (AvgIpc) is 3.11. The molecule has 0 spiro atoms. The van der Waals surface area contributed by atoms with Crippen LogP contribution in [-0.2, 0) is 9.53 Å². The van der Waals surface area contributed by atoms with Gasteiger partial charge in [0.05, 0.1) is 23.4 Å². The van der Waals surface area contributed by atoms with E-state index in [4.69, 9.17) is 30.5 Å². The molecule has 1 N–H and O–H groups in total. The number of carbonyl (C=O) groups excluding carboxylic acids is 2. The van der Waals surface area contributed by atoms with Crippen molar-refractivity contribution in [3.05, 3.63) is 46.5 Å². The summed E-state index contributed by atoms with van der Waals surface area (Å²) >= 11 is 6.07. The summed E-state index contributed by atoms with van der Waals surface area (Å²) in [6, 6.07) is 8.25. The Balaban J connectivity index is 1.69. The standard InChI is InChI=1S/C19H18ClNO6/c1-10-4-5-15(24-3)14(6-10)21-18(22)11(2)27-19(23)12-7-13(20)17-16(8-12)25-9-26-17/h4-8,11H,9H2,1-3H3,(H,21,22)/t11-/m1/s1. The number of carbonyl (C=O) groups is 2. The number of esters is 1. The van der Waals surface area contributed by atoms with Gasteiger partial charge in [0.25, 0.3) is 5.91 Å². The molecule has 1 aliphatic rings. The van der Waals surface area contributed by atoms with Gasteiger partial charge in [-0.05, 0) is 43.7 Å². The molecule has 0 radical (unpaired) electrons. The molecule has 1 heterocycles. The minimum atomic E-state index is -1.04. The molecule has 8 heteroatoms. The Bertz CT molecular complexity index is 898. The summed E-state index contributed by atoms with van der Waals surface area (Å²) in [4.78, 5) is 24.8. The van der Waals surface area contributed by atoms with Crippen LogP contribution in [0.1, 0.15) is 22.8 Å². The number of benzene rings is 2. The van der Waals surface area contributed by atoms with Crippen LogP contribution in [-0.4, -0.2) is 31.9 Å². The van der Waals surface area contributed by atoms with E-state index < -0.39 is 18.0 Å². The molecule has 1 amide bonds. The molecule has 0 saturated carbocycles.